The molecular weight excluding hydrogens is 424 g/mol. The van der Waals surface area contributed by atoms with Gasteiger partial charge in [0.25, 0.3) is 0 Å². The average Bonchev–Trinajstić information content (AvgIpc) is 2.77. The Hall–Kier alpha value is -2.23. The molecule has 34 heavy (non-hydrogen) atoms. The van der Waals surface area contributed by atoms with Crippen LogP contribution in [0.15, 0.2) is 17.7 Å². The molecule has 186 valence electrons. The van der Waals surface area contributed by atoms with E-state index in [2.05, 4.69) is 53.3 Å². The van der Waals surface area contributed by atoms with Crippen molar-refractivity contribution in [2.24, 2.45) is 34.5 Å². The summed E-state index contributed by atoms with van der Waals surface area (Å²) in [6.45, 7) is 17.6. The van der Waals surface area contributed by atoms with Crippen LogP contribution in [0.25, 0.3) is 12.7 Å². The third-order valence-corrected chi connectivity index (χ3v) is 10.4. The standard InChI is InChI=1S/C30H42O4/c1-17-10-12-29(6)19(3)15-28(5,27(33)34)16-24(29)18(2)11-13-30(7)22(17)9-8-21-20(4)26(32)25(31)14-23(21)30/h8-9,14,17-19,24,31-32H,4,10-13,15-16H2,1-3,5-7H3,(H,33,34). The minimum atomic E-state index is -0.666. The van der Waals surface area contributed by atoms with Crippen LogP contribution in [0.5, 0.6) is 11.5 Å². The molecular formula is C30H42O4. The van der Waals surface area contributed by atoms with E-state index < -0.39 is 11.4 Å². The van der Waals surface area contributed by atoms with Crippen molar-refractivity contribution in [1.29, 1.82) is 0 Å². The van der Waals surface area contributed by atoms with Gasteiger partial charge in [-0.05, 0) is 91.4 Å². The van der Waals surface area contributed by atoms with Gasteiger partial charge in [0.1, 0.15) is 0 Å². The normalized spacial score (nSPS) is 40.1. The Labute approximate surface area is 204 Å². The molecule has 1 aromatic rings. The van der Waals surface area contributed by atoms with Gasteiger partial charge in [-0.1, -0.05) is 58.9 Å². The fourth-order valence-corrected chi connectivity index (χ4v) is 7.81. The van der Waals surface area contributed by atoms with E-state index in [4.69, 9.17) is 0 Å². The number of carbonyl (C=O) groups is 1. The molecule has 4 heteroatoms. The molecule has 0 spiro atoms. The molecule has 0 aromatic heterocycles. The van der Waals surface area contributed by atoms with Gasteiger partial charge in [0, 0.05) is 10.6 Å². The van der Waals surface area contributed by atoms with E-state index in [-0.39, 0.29) is 22.3 Å². The largest absolute Gasteiger partial charge is 0.504 e. The third kappa shape index (κ3) is 3.60. The van der Waals surface area contributed by atoms with Crippen LogP contribution in [-0.2, 0) is 10.2 Å². The van der Waals surface area contributed by atoms with Crippen LogP contribution in [0.1, 0.15) is 85.6 Å². The van der Waals surface area contributed by atoms with E-state index in [1.165, 1.54) is 5.57 Å². The monoisotopic (exact) mass is 466 g/mol. The molecule has 7 atom stereocenters. The Bertz CT molecular complexity index is 1150. The van der Waals surface area contributed by atoms with Crippen molar-refractivity contribution in [1.82, 2.24) is 0 Å². The molecule has 2 saturated carbocycles. The zero-order valence-electron chi connectivity index (χ0n) is 21.7. The Kier molecular flexibility index (Phi) is 5.98. The SMILES string of the molecule is C=c1c(O)c(O)cc2c1=CC=C1C(C)CCC3(C)C(C)CC(C)(C(=O)O)CC3C(C)CCC12C. The summed E-state index contributed by atoms with van der Waals surface area (Å²) < 4.78 is 0. The molecule has 0 radical (unpaired) electrons. The summed E-state index contributed by atoms with van der Waals surface area (Å²) in [5.41, 5.74) is 1.62. The summed E-state index contributed by atoms with van der Waals surface area (Å²) in [5.74, 6) is 0.548. The number of carboxylic acid groups (broad SMARTS) is 1. The van der Waals surface area contributed by atoms with E-state index in [1.54, 1.807) is 6.07 Å². The van der Waals surface area contributed by atoms with Gasteiger partial charge in [-0.2, -0.15) is 0 Å². The molecule has 0 heterocycles. The highest BCUT2D eigenvalue weighted by atomic mass is 16.4. The van der Waals surface area contributed by atoms with Crippen LogP contribution in [-0.4, -0.2) is 21.3 Å². The van der Waals surface area contributed by atoms with Gasteiger partial charge in [0.15, 0.2) is 11.5 Å². The molecule has 4 rings (SSSR count). The minimum absolute atomic E-state index is 0.108. The highest BCUT2D eigenvalue weighted by Gasteiger charge is 2.54. The maximum atomic E-state index is 12.2. The first-order valence-corrected chi connectivity index (χ1v) is 12.9. The second-order valence-electron chi connectivity index (χ2n) is 12.5. The van der Waals surface area contributed by atoms with Gasteiger partial charge < -0.3 is 15.3 Å². The second-order valence-corrected chi connectivity index (χ2v) is 12.5. The molecule has 0 aliphatic heterocycles. The summed E-state index contributed by atoms with van der Waals surface area (Å²) in [6, 6.07) is 1.74. The van der Waals surface area contributed by atoms with Crippen molar-refractivity contribution in [3.63, 3.8) is 0 Å². The number of aliphatic carboxylic acids is 1. The lowest BCUT2D eigenvalue weighted by Gasteiger charge is -2.55. The van der Waals surface area contributed by atoms with Crippen LogP contribution in [0.2, 0.25) is 0 Å². The van der Waals surface area contributed by atoms with Crippen LogP contribution in [0.4, 0.5) is 0 Å². The predicted octanol–water partition coefficient (Wildman–Crippen LogP) is 5.48. The van der Waals surface area contributed by atoms with Gasteiger partial charge in [-0.15, -0.1) is 0 Å². The molecule has 2 fully saturated rings. The average molecular weight is 467 g/mol. The maximum absolute atomic E-state index is 12.2. The highest BCUT2D eigenvalue weighted by molar-refractivity contribution is 5.74. The quantitative estimate of drug-likeness (QED) is 0.479. The first-order chi connectivity index (χ1) is 15.7. The number of fused-ring (bicyclic) bond motifs is 4. The molecule has 3 aliphatic rings. The number of phenols is 2. The number of carboxylic acids is 1. The second kappa shape index (κ2) is 8.17. The van der Waals surface area contributed by atoms with Crippen molar-refractivity contribution in [3.8, 4) is 11.5 Å². The van der Waals surface area contributed by atoms with Crippen LogP contribution < -0.4 is 10.4 Å². The smallest absolute Gasteiger partial charge is 0.309 e. The minimum Gasteiger partial charge on any atom is -0.504 e. The van der Waals surface area contributed by atoms with Gasteiger partial charge in [0.05, 0.1) is 5.41 Å². The molecule has 0 amide bonds. The summed E-state index contributed by atoms with van der Waals surface area (Å²) in [4.78, 5) is 12.2. The number of hydrogen-bond donors (Lipinski definition) is 3. The lowest BCUT2D eigenvalue weighted by molar-refractivity contribution is -0.158. The lowest BCUT2D eigenvalue weighted by Crippen LogP contribution is -2.50. The predicted molar refractivity (Wildman–Crippen MR) is 137 cm³/mol. The number of allylic oxidation sites excluding steroid dienone is 2. The lowest BCUT2D eigenvalue weighted by atomic mass is 9.49. The molecule has 0 saturated heterocycles. The Morgan fingerprint density at radius 2 is 1.71 bits per heavy atom. The Morgan fingerprint density at radius 1 is 1.03 bits per heavy atom. The summed E-state index contributed by atoms with van der Waals surface area (Å²) in [7, 11) is 0. The first kappa shape index (κ1) is 24.9. The van der Waals surface area contributed by atoms with E-state index in [0.717, 1.165) is 49.3 Å². The summed E-state index contributed by atoms with van der Waals surface area (Å²) in [5, 5.41) is 32.2. The van der Waals surface area contributed by atoms with Crippen molar-refractivity contribution < 1.29 is 20.1 Å². The molecule has 7 unspecified atom stereocenters. The fraction of sp³-hybridized carbons (Fsp3) is 0.633. The van der Waals surface area contributed by atoms with E-state index in [1.807, 2.05) is 6.92 Å². The topological polar surface area (TPSA) is 77.8 Å². The number of phenolic OH excluding ortho intramolecular Hbond substituents is 2. The zero-order chi connectivity index (χ0) is 25.2. The highest BCUT2D eigenvalue weighted by Crippen LogP contribution is 2.59. The number of rotatable bonds is 1. The molecule has 1 aromatic carbocycles. The van der Waals surface area contributed by atoms with Gasteiger partial charge in [-0.25, -0.2) is 0 Å². The molecule has 0 bridgehead atoms. The maximum Gasteiger partial charge on any atom is 0.309 e. The Balaban J connectivity index is 1.80. The van der Waals surface area contributed by atoms with Crippen molar-refractivity contribution in [3.05, 3.63) is 33.7 Å². The van der Waals surface area contributed by atoms with Crippen LogP contribution in [0.3, 0.4) is 0 Å². The van der Waals surface area contributed by atoms with E-state index in [0.29, 0.717) is 28.9 Å². The summed E-state index contributed by atoms with van der Waals surface area (Å²) in [6.07, 6.45) is 9.81. The van der Waals surface area contributed by atoms with Crippen molar-refractivity contribution >= 4 is 18.6 Å². The molecule has 3 aliphatic carbocycles. The van der Waals surface area contributed by atoms with E-state index >= 15 is 0 Å². The summed E-state index contributed by atoms with van der Waals surface area (Å²) >= 11 is 0. The zero-order valence-corrected chi connectivity index (χ0v) is 21.7. The van der Waals surface area contributed by atoms with Gasteiger partial charge in [0.2, 0.25) is 0 Å². The molecule has 3 N–H and O–H groups in total. The number of benzene rings is 1. The van der Waals surface area contributed by atoms with Crippen molar-refractivity contribution in [2.45, 2.75) is 85.5 Å². The Morgan fingerprint density at radius 3 is 2.35 bits per heavy atom. The van der Waals surface area contributed by atoms with Gasteiger partial charge >= 0.3 is 5.97 Å². The fourth-order valence-electron chi connectivity index (χ4n) is 7.81. The van der Waals surface area contributed by atoms with Gasteiger partial charge in [-0.3, -0.25) is 4.79 Å². The van der Waals surface area contributed by atoms with Crippen LogP contribution in [0, 0.1) is 34.5 Å². The third-order valence-electron chi connectivity index (χ3n) is 10.4. The van der Waals surface area contributed by atoms with Crippen LogP contribution >= 0.6 is 0 Å². The van der Waals surface area contributed by atoms with Crippen molar-refractivity contribution in [2.75, 3.05) is 0 Å². The first-order valence-electron chi connectivity index (χ1n) is 12.9. The molecule has 4 nitrogen and oxygen atoms in total. The number of hydrogen-bond acceptors (Lipinski definition) is 3. The number of aromatic hydroxyl groups is 2. The van der Waals surface area contributed by atoms with E-state index in [9.17, 15) is 20.1 Å².